The second kappa shape index (κ2) is 7.20. The molecule has 0 aliphatic carbocycles. The van der Waals surface area contributed by atoms with E-state index >= 15 is 0 Å². The molecule has 1 aromatic heterocycles. The Hall–Kier alpha value is -0.910. The molecule has 2 heterocycles. The van der Waals surface area contributed by atoms with Crippen molar-refractivity contribution in [3.05, 3.63) is 17.0 Å². The predicted molar refractivity (Wildman–Crippen MR) is 81.2 cm³/mol. The normalized spacial score (nSPS) is 17.4. The van der Waals surface area contributed by atoms with Crippen LogP contribution in [0.15, 0.2) is 6.07 Å². The van der Waals surface area contributed by atoms with Crippen LogP contribution in [0.25, 0.3) is 0 Å². The van der Waals surface area contributed by atoms with E-state index in [1.54, 1.807) is 7.11 Å². The Morgan fingerprint density at radius 2 is 2.10 bits per heavy atom. The molecule has 0 radical (unpaired) electrons. The minimum Gasteiger partial charge on any atom is -0.377 e. The molecule has 2 rings (SSSR count). The molecule has 0 spiro atoms. The van der Waals surface area contributed by atoms with Gasteiger partial charge in [0.05, 0.1) is 0 Å². The molecule has 1 saturated heterocycles. The molecule has 0 amide bonds. The number of halogens is 1. The van der Waals surface area contributed by atoms with E-state index in [9.17, 15) is 0 Å². The van der Waals surface area contributed by atoms with Crippen molar-refractivity contribution in [2.75, 3.05) is 45.7 Å². The Balaban J connectivity index is 1.99. The Morgan fingerprint density at radius 1 is 1.40 bits per heavy atom. The van der Waals surface area contributed by atoms with Crippen LogP contribution < -0.4 is 4.90 Å². The maximum atomic E-state index is 6.05. The van der Waals surface area contributed by atoms with Crippen molar-refractivity contribution in [3.8, 4) is 0 Å². The van der Waals surface area contributed by atoms with Crippen molar-refractivity contribution in [1.29, 1.82) is 0 Å². The Kier molecular flexibility index (Phi) is 5.57. The molecule has 0 bridgehead atoms. The Morgan fingerprint density at radius 3 is 2.75 bits per heavy atom. The average Bonchev–Trinajstić information content (AvgIpc) is 2.41. The Labute approximate surface area is 125 Å². The molecule has 112 valence electrons. The smallest absolute Gasteiger partial charge is 0.158 e. The molecule has 1 fully saturated rings. The van der Waals surface area contributed by atoms with Crippen molar-refractivity contribution >= 4 is 17.4 Å². The van der Waals surface area contributed by atoms with E-state index in [1.165, 1.54) is 25.9 Å². The first-order valence-electron chi connectivity index (χ1n) is 7.00. The lowest BCUT2D eigenvalue weighted by molar-refractivity contribution is 0.178. The Bertz CT molecular complexity index is 435. The summed E-state index contributed by atoms with van der Waals surface area (Å²) in [6.45, 7) is 3.75. The number of ether oxygens (including phenoxy) is 1. The van der Waals surface area contributed by atoms with Crippen molar-refractivity contribution in [2.45, 2.75) is 19.4 Å². The summed E-state index contributed by atoms with van der Waals surface area (Å²) < 4.78 is 5.07. The third-order valence-corrected chi connectivity index (χ3v) is 3.96. The summed E-state index contributed by atoms with van der Waals surface area (Å²) in [5, 5.41) is 0.470. The zero-order valence-corrected chi connectivity index (χ0v) is 13.2. The van der Waals surface area contributed by atoms with E-state index in [4.69, 9.17) is 16.3 Å². The number of hydrogen-bond acceptors (Lipinski definition) is 5. The van der Waals surface area contributed by atoms with Crippen LogP contribution in [-0.2, 0) is 11.3 Å². The van der Waals surface area contributed by atoms with Gasteiger partial charge in [0.2, 0.25) is 0 Å². The van der Waals surface area contributed by atoms with Gasteiger partial charge in [0, 0.05) is 26.8 Å². The first-order chi connectivity index (χ1) is 9.58. The molecule has 20 heavy (non-hydrogen) atoms. The van der Waals surface area contributed by atoms with Gasteiger partial charge in [-0.15, -0.1) is 0 Å². The highest BCUT2D eigenvalue weighted by atomic mass is 35.5. The molecule has 6 heteroatoms. The van der Waals surface area contributed by atoms with Gasteiger partial charge < -0.3 is 14.5 Å². The molecule has 0 saturated carbocycles. The highest BCUT2D eigenvalue weighted by Crippen LogP contribution is 2.21. The highest BCUT2D eigenvalue weighted by molar-refractivity contribution is 6.29. The number of rotatable bonds is 5. The van der Waals surface area contributed by atoms with Gasteiger partial charge in [-0.05, 0) is 38.9 Å². The van der Waals surface area contributed by atoms with Crippen LogP contribution in [0.4, 0.5) is 5.82 Å². The van der Waals surface area contributed by atoms with Crippen LogP contribution in [-0.4, -0.2) is 55.7 Å². The minimum absolute atomic E-state index is 0.385. The summed E-state index contributed by atoms with van der Waals surface area (Å²) >= 11 is 6.05. The summed E-state index contributed by atoms with van der Waals surface area (Å²) in [5.41, 5.74) is 0. The highest BCUT2D eigenvalue weighted by Gasteiger charge is 2.19. The SMILES string of the molecule is COCc1nc(Cl)cc(N(C)CC2CCN(C)CC2)n1. The van der Waals surface area contributed by atoms with Gasteiger partial charge >= 0.3 is 0 Å². The summed E-state index contributed by atoms with van der Waals surface area (Å²) in [4.78, 5) is 13.2. The fraction of sp³-hybridized carbons (Fsp3) is 0.714. The van der Waals surface area contributed by atoms with Crippen molar-refractivity contribution in [3.63, 3.8) is 0 Å². The number of hydrogen-bond donors (Lipinski definition) is 0. The number of anilines is 1. The summed E-state index contributed by atoms with van der Waals surface area (Å²) in [5.74, 6) is 2.22. The van der Waals surface area contributed by atoms with Crippen LogP contribution >= 0.6 is 11.6 Å². The standard InChI is InChI=1S/C14H23ClN4O/c1-18-6-4-11(5-7-18)9-19(2)14-8-12(15)16-13(17-14)10-20-3/h8,11H,4-7,9-10H2,1-3H3. The molecule has 0 unspecified atom stereocenters. The number of aromatic nitrogens is 2. The second-order valence-corrected chi connectivity index (χ2v) is 5.91. The van der Waals surface area contributed by atoms with E-state index in [2.05, 4.69) is 33.9 Å². The summed E-state index contributed by atoms with van der Waals surface area (Å²) in [6, 6.07) is 1.82. The topological polar surface area (TPSA) is 41.5 Å². The molecular weight excluding hydrogens is 276 g/mol. The van der Waals surface area contributed by atoms with E-state index in [0.717, 1.165) is 18.3 Å². The molecule has 1 aliphatic heterocycles. The van der Waals surface area contributed by atoms with Gasteiger partial charge in [0.15, 0.2) is 5.82 Å². The van der Waals surface area contributed by atoms with E-state index < -0.39 is 0 Å². The zero-order valence-electron chi connectivity index (χ0n) is 12.5. The molecule has 0 atom stereocenters. The van der Waals surface area contributed by atoms with Crippen molar-refractivity contribution < 1.29 is 4.74 Å². The molecular formula is C14H23ClN4O. The zero-order chi connectivity index (χ0) is 14.5. The van der Waals surface area contributed by atoms with E-state index in [-0.39, 0.29) is 0 Å². The molecule has 1 aromatic rings. The van der Waals surface area contributed by atoms with E-state index in [1.807, 2.05) is 6.07 Å². The summed E-state index contributed by atoms with van der Waals surface area (Å²) in [6.07, 6.45) is 2.48. The first-order valence-corrected chi connectivity index (χ1v) is 7.38. The number of likely N-dealkylation sites (tertiary alicyclic amines) is 1. The van der Waals surface area contributed by atoms with Crippen LogP contribution in [0, 0.1) is 5.92 Å². The van der Waals surface area contributed by atoms with Gasteiger partial charge in [-0.1, -0.05) is 11.6 Å². The maximum absolute atomic E-state index is 6.05. The lowest BCUT2D eigenvalue weighted by Crippen LogP contribution is -2.36. The largest absolute Gasteiger partial charge is 0.377 e. The fourth-order valence-electron chi connectivity index (χ4n) is 2.57. The van der Waals surface area contributed by atoms with Crippen LogP contribution in [0.3, 0.4) is 0 Å². The molecule has 0 aromatic carbocycles. The molecule has 0 N–H and O–H groups in total. The fourth-order valence-corrected chi connectivity index (χ4v) is 2.76. The lowest BCUT2D eigenvalue weighted by Gasteiger charge is -2.32. The van der Waals surface area contributed by atoms with E-state index in [0.29, 0.717) is 17.6 Å². The second-order valence-electron chi connectivity index (χ2n) is 5.53. The number of piperidine rings is 1. The number of nitrogens with zero attached hydrogens (tertiary/aromatic N) is 4. The van der Waals surface area contributed by atoms with Crippen molar-refractivity contribution in [2.24, 2.45) is 5.92 Å². The first kappa shape index (κ1) is 15.5. The average molecular weight is 299 g/mol. The van der Waals surface area contributed by atoms with Crippen LogP contribution in [0.5, 0.6) is 0 Å². The third kappa shape index (κ3) is 4.30. The quantitative estimate of drug-likeness (QED) is 0.778. The monoisotopic (exact) mass is 298 g/mol. The van der Waals surface area contributed by atoms with Crippen LogP contribution in [0.2, 0.25) is 5.15 Å². The molecule has 1 aliphatic rings. The maximum Gasteiger partial charge on any atom is 0.158 e. The van der Waals surface area contributed by atoms with Gasteiger partial charge in [-0.3, -0.25) is 0 Å². The van der Waals surface area contributed by atoms with Gasteiger partial charge in [-0.2, -0.15) is 0 Å². The minimum atomic E-state index is 0.385. The molecule has 5 nitrogen and oxygen atoms in total. The van der Waals surface area contributed by atoms with Gasteiger partial charge in [-0.25, -0.2) is 9.97 Å². The van der Waals surface area contributed by atoms with Crippen LogP contribution in [0.1, 0.15) is 18.7 Å². The third-order valence-electron chi connectivity index (χ3n) is 3.76. The summed E-state index contributed by atoms with van der Waals surface area (Å²) in [7, 11) is 5.88. The predicted octanol–water partition coefficient (Wildman–Crippen LogP) is 2.05. The number of methoxy groups -OCH3 is 1. The van der Waals surface area contributed by atoms with Gasteiger partial charge in [0.25, 0.3) is 0 Å². The lowest BCUT2D eigenvalue weighted by atomic mass is 9.97. The van der Waals surface area contributed by atoms with Crippen molar-refractivity contribution in [1.82, 2.24) is 14.9 Å². The van der Waals surface area contributed by atoms with Gasteiger partial charge in [0.1, 0.15) is 17.6 Å².